The van der Waals surface area contributed by atoms with Gasteiger partial charge in [-0.25, -0.2) is 9.37 Å². The lowest BCUT2D eigenvalue weighted by Gasteiger charge is -2.35. The van der Waals surface area contributed by atoms with Gasteiger partial charge in [0.15, 0.2) is 5.01 Å². The van der Waals surface area contributed by atoms with Gasteiger partial charge in [0.25, 0.3) is 10.2 Å². The van der Waals surface area contributed by atoms with Gasteiger partial charge in [0.2, 0.25) is 11.8 Å². The number of nitrogens with zero attached hydrogens (tertiary/aromatic N) is 2. The minimum absolute atomic E-state index is 0.106. The number of thiazole rings is 1. The largest absolute Gasteiger partial charge is 0.443 e. The number of hydrogen-bond donors (Lipinski definition) is 3. The second-order valence-corrected chi connectivity index (χ2v) is 10.2. The van der Waals surface area contributed by atoms with Crippen LogP contribution in [-0.4, -0.2) is 48.7 Å². The van der Waals surface area contributed by atoms with Crippen LogP contribution >= 0.6 is 22.9 Å². The molecule has 0 radical (unpaired) electrons. The highest BCUT2D eigenvalue weighted by molar-refractivity contribution is 7.87. The molecule has 1 aromatic heterocycles. The summed E-state index contributed by atoms with van der Waals surface area (Å²) in [5.41, 5.74) is 0.113. The zero-order chi connectivity index (χ0) is 24.6. The molecule has 9 nitrogen and oxygen atoms in total. The highest BCUT2D eigenvalue weighted by atomic mass is 35.5. The Morgan fingerprint density at radius 3 is 2.64 bits per heavy atom. The molecule has 2 atom stereocenters. The van der Waals surface area contributed by atoms with Crippen LogP contribution in [0.5, 0.6) is 0 Å². The number of benzene rings is 1. The van der Waals surface area contributed by atoms with Gasteiger partial charge in [-0.05, 0) is 24.6 Å². The van der Waals surface area contributed by atoms with Crippen molar-refractivity contribution in [2.75, 3.05) is 12.4 Å². The maximum Gasteiger partial charge on any atom is 0.443 e. The molecule has 33 heavy (non-hydrogen) atoms. The highest BCUT2D eigenvalue weighted by Crippen LogP contribution is 2.32. The van der Waals surface area contributed by atoms with Crippen molar-refractivity contribution in [2.24, 2.45) is 0 Å². The van der Waals surface area contributed by atoms with E-state index >= 15 is 0 Å². The number of rotatable bonds is 5. The third kappa shape index (κ3) is 5.97. The molecule has 1 aromatic carbocycles. The molecule has 16 heteroatoms. The number of hydrogen-bond acceptors (Lipinski definition) is 6. The molecule has 1 aliphatic heterocycles. The van der Waals surface area contributed by atoms with Crippen LogP contribution in [0.1, 0.15) is 16.3 Å². The fourth-order valence-electron chi connectivity index (χ4n) is 2.90. The van der Waals surface area contributed by atoms with E-state index in [2.05, 4.69) is 20.3 Å². The Bertz CT molecular complexity index is 1170. The number of carbonyl (C=O) groups is 2. The van der Waals surface area contributed by atoms with E-state index in [1.165, 1.54) is 6.07 Å². The van der Waals surface area contributed by atoms with Crippen LogP contribution in [-0.2, 0) is 32.5 Å². The predicted octanol–water partition coefficient (Wildman–Crippen LogP) is 2.12. The molecule has 0 spiro atoms. The number of likely N-dealkylation sites (N-methyl/N-ethyl adjacent to an activating group) is 1. The monoisotopic (exact) mass is 529 g/mol. The van der Waals surface area contributed by atoms with Gasteiger partial charge in [0.1, 0.15) is 17.9 Å². The lowest BCUT2D eigenvalue weighted by molar-refractivity contribution is -0.137. The molecule has 1 fully saturated rings. The van der Waals surface area contributed by atoms with Crippen LogP contribution in [0, 0.1) is 5.82 Å². The van der Waals surface area contributed by atoms with Gasteiger partial charge < -0.3 is 10.6 Å². The van der Waals surface area contributed by atoms with Crippen LogP contribution in [0.2, 0.25) is 5.02 Å². The smallest absolute Gasteiger partial charge is 0.350 e. The van der Waals surface area contributed by atoms with Crippen molar-refractivity contribution in [3.05, 3.63) is 45.1 Å². The summed E-state index contributed by atoms with van der Waals surface area (Å²) in [5, 5.41) is 3.41. The van der Waals surface area contributed by atoms with Gasteiger partial charge in [-0.1, -0.05) is 11.6 Å². The fraction of sp³-hybridized carbons (Fsp3) is 0.353. The van der Waals surface area contributed by atoms with Gasteiger partial charge in [-0.3, -0.25) is 9.59 Å². The second kappa shape index (κ2) is 9.50. The number of halogens is 5. The lowest BCUT2D eigenvalue weighted by atomic mass is 10.1. The zero-order valence-corrected chi connectivity index (χ0v) is 19.0. The van der Waals surface area contributed by atoms with Crippen molar-refractivity contribution >= 4 is 50.6 Å². The molecule has 2 heterocycles. The number of aromatic nitrogens is 1. The number of amides is 2. The molecule has 180 valence electrons. The third-order valence-corrected chi connectivity index (χ3v) is 7.53. The molecule has 1 aliphatic rings. The summed E-state index contributed by atoms with van der Waals surface area (Å²) in [4.78, 5) is 28.5. The zero-order valence-electron chi connectivity index (χ0n) is 16.6. The van der Waals surface area contributed by atoms with Gasteiger partial charge in [0, 0.05) is 23.8 Å². The van der Waals surface area contributed by atoms with Crippen LogP contribution in [0.3, 0.4) is 0 Å². The average molecular weight is 530 g/mol. The summed E-state index contributed by atoms with van der Waals surface area (Å²) >= 11 is 6.01. The van der Waals surface area contributed by atoms with E-state index < -0.39 is 51.1 Å². The number of carbonyl (C=O) groups excluding carboxylic acids is 2. The fourth-order valence-corrected chi connectivity index (χ4v) is 5.05. The molecule has 2 aromatic rings. The van der Waals surface area contributed by atoms with Crippen LogP contribution in [0.15, 0.2) is 24.4 Å². The van der Waals surface area contributed by atoms with E-state index in [1.807, 2.05) is 0 Å². The molecule has 0 saturated carbocycles. The summed E-state index contributed by atoms with van der Waals surface area (Å²) in [6.07, 6.45) is -3.94. The van der Waals surface area contributed by atoms with E-state index in [0.717, 1.165) is 29.7 Å². The maximum absolute atomic E-state index is 13.3. The molecule has 0 aliphatic carbocycles. The van der Waals surface area contributed by atoms with E-state index in [1.54, 1.807) is 0 Å². The molecule has 3 N–H and O–H groups in total. The highest BCUT2D eigenvalue weighted by Gasteiger charge is 2.42. The van der Waals surface area contributed by atoms with Crippen molar-refractivity contribution in [1.82, 2.24) is 19.3 Å². The quantitative estimate of drug-likeness (QED) is 0.512. The van der Waals surface area contributed by atoms with E-state index in [0.29, 0.717) is 11.3 Å². The van der Waals surface area contributed by atoms with E-state index in [4.69, 9.17) is 11.6 Å². The number of nitrogens with one attached hydrogen (secondary N) is 3. The van der Waals surface area contributed by atoms with E-state index in [-0.39, 0.29) is 28.6 Å². The van der Waals surface area contributed by atoms with Crippen molar-refractivity contribution < 1.29 is 35.6 Å². The standard InChI is InChI=1S/C17H16ClF4N5O4S2/c1-27-13(15(29)25-8-2-3-11(19)10(18)4-8)5-12(26-33(27,30)31)14(28)23-6-9-7-24-16(32-9)17(20,21)22/h2-4,7,12-13,26H,5-6H2,1H3,(H,23,28)(H,25,29). The molecular formula is C17H16ClF4N5O4S2. The lowest BCUT2D eigenvalue weighted by Crippen LogP contribution is -2.62. The Morgan fingerprint density at radius 2 is 2.03 bits per heavy atom. The van der Waals surface area contributed by atoms with Gasteiger partial charge >= 0.3 is 6.18 Å². The molecule has 3 rings (SSSR count). The molecule has 1 saturated heterocycles. The van der Waals surface area contributed by atoms with Crippen LogP contribution < -0.4 is 15.4 Å². The SMILES string of the molecule is CN1C(C(=O)Nc2ccc(F)c(Cl)c2)CC(C(=O)NCc2cnc(C(F)(F)F)s2)NS1(=O)=O. The first-order chi connectivity index (χ1) is 15.3. The molecule has 2 unspecified atom stereocenters. The Balaban J connectivity index is 1.68. The third-order valence-electron chi connectivity index (χ3n) is 4.61. The summed E-state index contributed by atoms with van der Waals surface area (Å²) in [7, 11) is -3.10. The van der Waals surface area contributed by atoms with Crippen molar-refractivity contribution in [1.29, 1.82) is 0 Å². The summed E-state index contributed by atoms with van der Waals surface area (Å²) in [6, 6.07) is 0.702. The first-order valence-electron chi connectivity index (χ1n) is 9.08. The van der Waals surface area contributed by atoms with Crippen LogP contribution in [0.25, 0.3) is 0 Å². The normalized spacial score (nSPS) is 20.9. The minimum Gasteiger partial charge on any atom is -0.350 e. The molecule has 2 amide bonds. The van der Waals surface area contributed by atoms with Gasteiger partial charge in [-0.15, -0.1) is 11.3 Å². The Morgan fingerprint density at radius 1 is 1.33 bits per heavy atom. The first-order valence-corrected chi connectivity index (χ1v) is 11.7. The Labute approximate surface area is 194 Å². The second-order valence-electron chi connectivity index (χ2n) is 6.91. The molecular weight excluding hydrogens is 514 g/mol. The van der Waals surface area contributed by atoms with Crippen molar-refractivity contribution in [3.63, 3.8) is 0 Å². The predicted molar refractivity (Wildman–Crippen MR) is 111 cm³/mol. The van der Waals surface area contributed by atoms with E-state index in [9.17, 15) is 35.6 Å². The summed E-state index contributed by atoms with van der Waals surface area (Å²) < 4.78 is 78.9. The van der Waals surface area contributed by atoms with Crippen molar-refractivity contribution in [2.45, 2.75) is 31.2 Å². The van der Waals surface area contributed by atoms with Crippen LogP contribution in [0.4, 0.5) is 23.2 Å². The minimum atomic E-state index is -4.62. The van der Waals surface area contributed by atoms with Gasteiger partial charge in [-0.2, -0.15) is 30.6 Å². The first kappa shape index (κ1) is 25.3. The maximum atomic E-state index is 13.3. The summed E-state index contributed by atoms with van der Waals surface area (Å²) in [6.45, 7) is -0.314. The average Bonchev–Trinajstić information content (AvgIpc) is 3.20. The topological polar surface area (TPSA) is 120 Å². The Hall–Kier alpha value is -2.33. The molecule has 0 bridgehead atoms. The van der Waals surface area contributed by atoms with Gasteiger partial charge in [0.05, 0.1) is 11.6 Å². The number of alkyl halides is 3. The summed E-state index contributed by atoms with van der Waals surface area (Å²) in [5.74, 6) is -2.34. The number of anilines is 1. The van der Waals surface area contributed by atoms with Crippen molar-refractivity contribution in [3.8, 4) is 0 Å². The Kier molecular flexibility index (Phi) is 7.28.